The van der Waals surface area contributed by atoms with Gasteiger partial charge in [0.05, 0.1) is 3.79 Å². The maximum atomic E-state index is 10.4. The molecule has 1 aliphatic rings. The van der Waals surface area contributed by atoms with Crippen molar-refractivity contribution in [2.45, 2.75) is 44.7 Å². The number of carbonyl (C=O) groups is 1. The number of nitrogens with one attached hydrogen (secondary N) is 2. The second kappa shape index (κ2) is 6.72. The molecule has 1 amide bonds. The van der Waals surface area contributed by atoms with E-state index in [9.17, 15) is 4.79 Å². The van der Waals surface area contributed by atoms with Gasteiger partial charge in [0, 0.05) is 23.5 Å². The first kappa shape index (κ1) is 14.8. The smallest absolute Gasteiger partial charge is 0.404 e. The van der Waals surface area contributed by atoms with E-state index in [0.29, 0.717) is 18.6 Å². The van der Waals surface area contributed by atoms with E-state index in [-0.39, 0.29) is 0 Å². The van der Waals surface area contributed by atoms with Crippen molar-refractivity contribution in [2.75, 3.05) is 6.54 Å². The van der Waals surface area contributed by atoms with Crippen LogP contribution in [-0.4, -0.2) is 23.8 Å². The number of halogens is 1. The Balaban J connectivity index is 1.83. The second-order valence-corrected chi connectivity index (χ2v) is 7.35. The molecule has 1 fully saturated rings. The van der Waals surface area contributed by atoms with E-state index >= 15 is 0 Å². The molecule has 3 N–H and O–H groups in total. The maximum Gasteiger partial charge on any atom is 0.404 e. The van der Waals surface area contributed by atoms with E-state index in [1.807, 2.05) is 0 Å². The molecule has 1 saturated carbocycles. The zero-order valence-corrected chi connectivity index (χ0v) is 13.3. The van der Waals surface area contributed by atoms with Crippen LogP contribution >= 0.6 is 27.3 Å². The lowest BCUT2D eigenvalue weighted by Crippen LogP contribution is -2.22. The molecule has 106 valence electrons. The van der Waals surface area contributed by atoms with Crippen molar-refractivity contribution in [3.8, 4) is 0 Å². The lowest BCUT2D eigenvalue weighted by molar-refractivity contribution is 0.194. The molecular weight excluding hydrogens is 328 g/mol. The zero-order chi connectivity index (χ0) is 13.8. The molecule has 0 aliphatic heterocycles. The van der Waals surface area contributed by atoms with E-state index in [1.165, 1.54) is 27.1 Å². The molecule has 2 rings (SSSR count). The van der Waals surface area contributed by atoms with Gasteiger partial charge in [-0.25, -0.2) is 4.79 Å². The summed E-state index contributed by atoms with van der Waals surface area (Å²) in [6, 6.07) is 3.34. The third-order valence-electron chi connectivity index (χ3n) is 3.17. The average molecular weight is 347 g/mol. The van der Waals surface area contributed by atoms with Crippen molar-refractivity contribution in [3.63, 3.8) is 0 Å². The van der Waals surface area contributed by atoms with Crippen molar-refractivity contribution in [3.05, 3.63) is 20.3 Å². The summed E-state index contributed by atoms with van der Waals surface area (Å²) in [5.41, 5.74) is 1.27. The van der Waals surface area contributed by atoms with Crippen LogP contribution in [0.5, 0.6) is 0 Å². The molecule has 0 unspecified atom stereocenters. The van der Waals surface area contributed by atoms with Gasteiger partial charge in [0.25, 0.3) is 0 Å². The summed E-state index contributed by atoms with van der Waals surface area (Å²) in [7, 11) is 0. The van der Waals surface area contributed by atoms with E-state index in [0.717, 1.165) is 12.8 Å². The summed E-state index contributed by atoms with van der Waals surface area (Å²) in [6.45, 7) is 2.70. The fraction of sp³-hybridized carbons (Fsp3) is 0.615. The monoisotopic (exact) mass is 346 g/mol. The number of carboxylic acid groups (broad SMARTS) is 1. The van der Waals surface area contributed by atoms with Gasteiger partial charge in [-0.15, -0.1) is 11.3 Å². The molecular formula is C13H19BrN2O2S. The predicted molar refractivity (Wildman–Crippen MR) is 80.9 cm³/mol. The van der Waals surface area contributed by atoms with Crippen molar-refractivity contribution in [1.82, 2.24) is 10.6 Å². The Bertz CT molecular complexity index is 446. The van der Waals surface area contributed by atoms with Gasteiger partial charge < -0.3 is 15.7 Å². The molecule has 19 heavy (non-hydrogen) atoms. The lowest BCUT2D eigenvalue weighted by Gasteiger charge is -2.10. The van der Waals surface area contributed by atoms with Gasteiger partial charge >= 0.3 is 6.09 Å². The first-order valence-electron chi connectivity index (χ1n) is 6.57. The summed E-state index contributed by atoms with van der Waals surface area (Å²) in [5, 5.41) is 14.5. The minimum atomic E-state index is -0.952. The molecule has 1 heterocycles. The Morgan fingerprint density at radius 1 is 1.63 bits per heavy atom. The highest BCUT2D eigenvalue weighted by atomic mass is 79.9. The highest BCUT2D eigenvalue weighted by molar-refractivity contribution is 9.11. The second-order valence-electron chi connectivity index (χ2n) is 4.95. The fourth-order valence-electron chi connectivity index (χ4n) is 1.97. The first-order chi connectivity index (χ1) is 9.06. The third kappa shape index (κ3) is 4.78. The average Bonchev–Trinajstić information content (AvgIpc) is 3.07. The van der Waals surface area contributed by atoms with Crippen LogP contribution in [0.4, 0.5) is 4.79 Å². The normalized spacial score (nSPS) is 16.3. The molecule has 6 heteroatoms. The number of hydrogen-bond donors (Lipinski definition) is 3. The van der Waals surface area contributed by atoms with Gasteiger partial charge in [-0.05, 0) is 60.2 Å². The molecule has 4 nitrogen and oxygen atoms in total. The van der Waals surface area contributed by atoms with E-state index in [4.69, 9.17) is 5.11 Å². The van der Waals surface area contributed by atoms with Crippen LogP contribution in [0.15, 0.2) is 9.85 Å². The minimum Gasteiger partial charge on any atom is -0.465 e. The van der Waals surface area contributed by atoms with Gasteiger partial charge in [-0.1, -0.05) is 0 Å². The lowest BCUT2D eigenvalue weighted by atomic mass is 10.1. The fourth-order valence-corrected chi connectivity index (χ4v) is 3.79. The third-order valence-corrected chi connectivity index (χ3v) is 5.31. The zero-order valence-electron chi connectivity index (χ0n) is 10.9. The highest BCUT2D eigenvalue weighted by Gasteiger charge is 2.24. The standard InChI is InChI=1S/C13H19BrN2O2S/c1-8(16-10-4-5-10)11-7-9(12(14)19-11)3-2-6-15-13(17)18/h7-8,10,15-16H,2-6H2,1H3,(H,17,18)/t8-/m1/s1. The van der Waals surface area contributed by atoms with Crippen molar-refractivity contribution < 1.29 is 9.90 Å². The molecule has 1 aliphatic carbocycles. The SMILES string of the molecule is C[C@@H](NC1CC1)c1cc(CCCNC(=O)O)c(Br)s1. The number of amides is 1. The summed E-state index contributed by atoms with van der Waals surface area (Å²) >= 11 is 5.38. The molecule has 0 saturated heterocycles. The molecule has 0 spiro atoms. The summed E-state index contributed by atoms with van der Waals surface area (Å²) in [6.07, 6.45) is 3.36. The Hall–Kier alpha value is -0.590. The van der Waals surface area contributed by atoms with Crippen molar-refractivity contribution in [2.24, 2.45) is 0 Å². The Kier molecular flexibility index (Phi) is 5.24. The predicted octanol–water partition coefficient (Wildman–Crippen LogP) is 3.52. The van der Waals surface area contributed by atoms with Gasteiger partial charge in [0.15, 0.2) is 0 Å². The number of rotatable bonds is 7. The van der Waals surface area contributed by atoms with Crippen molar-refractivity contribution in [1.29, 1.82) is 0 Å². The summed E-state index contributed by atoms with van der Waals surface area (Å²) in [4.78, 5) is 11.7. The first-order valence-corrected chi connectivity index (χ1v) is 8.18. The number of aryl methyl sites for hydroxylation is 1. The molecule has 0 bridgehead atoms. The topological polar surface area (TPSA) is 61.4 Å². The van der Waals surface area contributed by atoms with Crippen LogP contribution in [0.2, 0.25) is 0 Å². The molecule has 1 aromatic heterocycles. The summed E-state index contributed by atoms with van der Waals surface area (Å²) < 4.78 is 1.17. The van der Waals surface area contributed by atoms with Crippen molar-refractivity contribution >= 4 is 33.4 Å². The van der Waals surface area contributed by atoms with Crippen LogP contribution in [0.1, 0.15) is 42.7 Å². The Morgan fingerprint density at radius 3 is 3.00 bits per heavy atom. The van der Waals surface area contributed by atoms with Gasteiger partial charge in [-0.3, -0.25) is 0 Å². The number of hydrogen-bond acceptors (Lipinski definition) is 3. The largest absolute Gasteiger partial charge is 0.465 e. The Labute approximate surface area is 125 Å². The molecule has 1 atom stereocenters. The molecule has 0 aromatic carbocycles. The Morgan fingerprint density at radius 2 is 2.37 bits per heavy atom. The minimum absolute atomic E-state index is 0.402. The van der Waals surface area contributed by atoms with E-state index in [1.54, 1.807) is 11.3 Å². The van der Waals surface area contributed by atoms with E-state index < -0.39 is 6.09 Å². The number of thiophene rings is 1. The van der Waals surface area contributed by atoms with Crippen LogP contribution < -0.4 is 10.6 Å². The van der Waals surface area contributed by atoms with Gasteiger partial charge in [-0.2, -0.15) is 0 Å². The van der Waals surface area contributed by atoms with Gasteiger partial charge in [0.1, 0.15) is 0 Å². The highest BCUT2D eigenvalue weighted by Crippen LogP contribution is 2.34. The van der Waals surface area contributed by atoms with Crippen LogP contribution in [0.25, 0.3) is 0 Å². The van der Waals surface area contributed by atoms with Gasteiger partial charge in [0.2, 0.25) is 0 Å². The van der Waals surface area contributed by atoms with Crippen LogP contribution in [0, 0.1) is 0 Å². The van der Waals surface area contributed by atoms with E-state index in [2.05, 4.69) is 39.6 Å². The molecule has 1 aromatic rings. The maximum absolute atomic E-state index is 10.4. The summed E-state index contributed by atoms with van der Waals surface area (Å²) in [5.74, 6) is 0. The van der Waals surface area contributed by atoms with Crippen LogP contribution in [-0.2, 0) is 6.42 Å². The molecule has 0 radical (unpaired) electrons. The quantitative estimate of drug-likeness (QED) is 0.662. The van der Waals surface area contributed by atoms with Crippen LogP contribution in [0.3, 0.4) is 0 Å².